The second-order valence-corrected chi connectivity index (χ2v) is 7.62. The van der Waals surface area contributed by atoms with Crippen molar-refractivity contribution in [2.24, 2.45) is 0 Å². The largest absolute Gasteiger partial charge is 0.372 e. The molecule has 1 saturated heterocycles. The van der Waals surface area contributed by atoms with Gasteiger partial charge in [0.25, 0.3) is 0 Å². The molecule has 1 heterocycles. The van der Waals surface area contributed by atoms with Crippen LogP contribution in [0.1, 0.15) is 44.9 Å². The van der Waals surface area contributed by atoms with Gasteiger partial charge in [-0.15, -0.1) is 0 Å². The molecule has 1 aliphatic heterocycles. The predicted octanol–water partition coefficient (Wildman–Crippen LogP) is 4.75. The monoisotopic (exact) mass is 381 g/mol. The fourth-order valence-corrected chi connectivity index (χ4v) is 3.63. The number of amides is 2. The molecule has 150 valence electrons. The van der Waals surface area contributed by atoms with Crippen molar-refractivity contribution in [3.8, 4) is 0 Å². The molecular formula is C23H31N3O2. The van der Waals surface area contributed by atoms with Gasteiger partial charge in [0.05, 0.1) is 18.2 Å². The number of hydrogen-bond donors (Lipinski definition) is 2. The Balaban J connectivity index is 1.55. The summed E-state index contributed by atoms with van der Waals surface area (Å²) in [5, 5.41) is 5.91. The Bertz CT molecular complexity index is 763. The van der Waals surface area contributed by atoms with Crippen LogP contribution in [-0.4, -0.2) is 31.3 Å². The number of rotatable bonds is 5. The zero-order valence-electron chi connectivity index (χ0n) is 17.2. The third kappa shape index (κ3) is 5.26. The fourth-order valence-electron chi connectivity index (χ4n) is 3.63. The number of urea groups is 1. The smallest absolute Gasteiger partial charge is 0.319 e. The highest BCUT2D eigenvalue weighted by Crippen LogP contribution is 2.22. The highest BCUT2D eigenvalue weighted by Gasteiger charge is 2.22. The van der Waals surface area contributed by atoms with E-state index < -0.39 is 0 Å². The van der Waals surface area contributed by atoms with Gasteiger partial charge in [-0.1, -0.05) is 31.2 Å². The Hall–Kier alpha value is -2.53. The van der Waals surface area contributed by atoms with E-state index in [0.29, 0.717) is 0 Å². The summed E-state index contributed by atoms with van der Waals surface area (Å²) in [6.45, 7) is 10.1. The molecule has 1 aliphatic rings. The number of nitrogens with one attached hydrogen (secondary N) is 2. The molecule has 2 amide bonds. The predicted molar refractivity (Wildman–Crippen MR) is 115 cm³/mol. The summed E-state index contributed by atoms with van der Waals surface area (Å²) in [6.07, 6.45) is 1.46. The number of morpholine rings is 1. The van der Waals surface area contributed by atoms with E-state index in [-0.39, 0.29) is 24.3 Å². The Morgan fingerprint density at radius 3 is 2.25 bits per heavy atom. The highest BCUT2D eigenvalue weighted by molar-refractivity contribution is 5.89. The molecule has 1 fully saturated rings. The molecule has 0 radical (unpaired) electrons. The molecule has 5 nitrogen and oxygen atoms in total. The molecule has 28 heavy (non-hydrogen) atoms. The molecule has 5 heteroatoms. The second-order valence-electron chi connectivity index (χ2n) is 7.62. The summed E-state index contributed by atoms with van der Waals surface area (Å²) in [7, 11) is 0. The molecule has 0 bridgehead atoms. The molecule has 2 N–H and O–H groups in total. The number of nitrogens with zero attached hydrogens (tertiary/aromatic N) is 1. The third-order valence-corrected chi connectivity index (χ3v) is 5.15. The maximum absolute atomic E-state index is 12.3. The van der Waals surface area contributed by atoms with E-state index in [1.54, 1.807) is 0 Å². The summed E-state index contributed by atoms with van der Waals surface area (Å²) in [6, 6.07) is 16.1. The van der Waals surface area contributed by atoms with Crippen LogP contribution in [0.3, 0.4) is 0 Å². The van der Waals surface area contributed by atoms with Crippen LogP contribution in [0.4, 0.5) is 16.2 Å². The molecule has 2 aromatic carbocycles. The standard InChI is InChI=1S/C23H31N3O2/c1-5-19-6-8-20(9-7-19)18(4)24-23(27)25-21-10-12-22(13-11-21)26-14-16(2)28-17(3)15-26/h6-13,16-18H,5,14-15H2,1-4H3,(H2,24,25,27). The number of hydrogen-bond acceptors (Lipinski definition) is 3. The molecule has 2 aromatic rings. The molecule has 3 rings (SSSR count). The van der Waals surface area contributed by atoms with E-state index in [2.05, 4.69) is 60.6 Å². The van der Waals surface area contributed by atoms with Crippen LogP contribution in [0.2, 0.25) is 0 Å². The number of benzene rings is 2. The van der Waals surface area contributed by atoms with Crippen molar-refractivity contribution in [1.82, 2.24) is 5.32 Å². The van der Waals surface area contributed by atoms with Crippen molar-refractivity contribution >= 4 is 17.4 Å². The highest BCUT2D eigenvalue weighted by atomic mass is 16.5. The maximum Gasteiger partial charge on any atom is 0.319 e. The Morgan fingerprint density at radius 1 is 1.07 bits per heavy atom. The molecular weight excluding hydrogens is 350 g/mol. The lowest BCUT2D eigenvalue weighted by Gasteiger charge is -2.36. The number of aryl methyl sites for hydroxylation is 1. The molecule has 3 atom stereocenters. The summed E-state index contributed by atoms with van der Waals surface area (Å²) < 4.78 is 5.79. The number of ether oxygens (including phenoxy) is 1. The zero-order chi connectivity index (χ0) is 20.1. The van der Waals surface area contributed by atoms with Gasteiger partial charge in [-0.25, -0.2) is 4.79 Å². The zero-order valence-corrected chi connectivity index (χ0v) is 17.2. The van der Waals surface area contributed by atoms with E-state index in [1.165, 1.54) is 5.56 Å². The van der Waals surface area contributed by atoms with Gasteiger partial charge in [0.2, 0.25) is 0 Å². The van der Waals surface area contributed by atoms with Gasteiger partial charge in [-0.3, -0.25) is 0 Å². The van der Waals surface area contributed by atoms with E-state index in [0.717, 1.165) is 36.4 Å². The third-order valence-electron chi connectivity index (χ3n) is 5.15. The minimum Gasteiger partial charge on any atom is -0.372 e. The van der Waals surface area contributed by atoms with E-state index in [4.69, 9.17) is 4.74 Å². The van der Waals surface area contributed by atoms with Gasteiger partial charge in [0.15, 0.2) is 0 Å². The van der Waals surface area contributed by atoms with Gasteiger partial charge in [-0.2, -0.15) is 0 Å². The van der Waals surface area contributed by atoms with Crippen LogP contribution < -0.4 is 15.5 Å². The first-order chi connectivity index (χ1) is 13.4. The SMILES string of the molecule is CCc1ccc(C(C)NC(=O)Nc2ccc(N3CC(C)OC(C)C3)cc2)cc1. The molecule has 0 aliphatic carbocycles. The average Bonchev–Trinajstić information content (AvgIpc) is 2.67. The van der Waals surface area contributed by atoms with Crippen molar-refractivity contribution in [3.05, 3.63) is 59.7 Å². The van der Waals surface area contributed by atoms with Crippen LogP contribution in [0.5, 0.6) is 0 Å². The summed E-state index contributed by atoms with van der Waals surface area (Å²) in [5.74, 6) is 0. The van der Waals surface area contributed by atoms with Crippen molar-refractivity contribution in [3.63, 3.8) is 0 Å². The molecule has 0 saturated carbocycles. The minimum absolute atomic E-state index is 0.0542. The first-order valence-corrected chi connectivity index (χ1v) is 10.1. The first-order valence-electron chi connectivity index (χ1n) is 10.1. The molecule has 0 spiro atoms. The number of carbonyl (C=O) groups is 1. The van der Waals surface area contributed by atoms with E-state index in [1.807, 2.05) is 31.2 Å². The maximum atomic E-state index is 12.3. The topological polar surface area (TPSA) is 53.6 Å². The summed E-state index contributed by atoms with van der Waals surface area (Å²) >= 11 is 0. The lowest BCUT2D eigenvalue weighted by molar-refractivity contribution is -0.00521. The Labute approximate surface area is 168 Å². The van der Waals surface area contributed by atoms with Gasteiger partial charge in [-0.05, 0) is 62.6 Å². The fraction of sp³-hybridized carbons (Fsp3) is 0.435. The quantitative estimate of drug-likeness (QED) is 0.786. The van der Waals surface area contributed by atoms with Crippen molar-refractivity contribution < 1.29 is 9.53 Å². The van der Waals surface area contributed by atoms with Crippen LogP contribution in [0, 0.1) is 0 Å². The molecule has 3 unspecified atom stereocenters. The van der Waals surface area contributed by atoms with E-state index >= 15 is 0 Å². The summed E-state index contributed by atoms with van der Waals surface area (Å²) in [4.78, 5) is 14.7. The van der Waals surface area contributed by atoms with Gasteiger partial charge in [0, 0.05) is 24.5 Å². The van der Waals surface area contributed by atoms with E-state index in [9.17, 15) is 4.79 Å². The lowest BCUT2D eigenvalue weighted by atomic mass is 10.1. The summed E-state index contributed by atoms with van der Waals surface area (Å²) in [5.41, 5.74) is 4.32. The van der Waals surface area contributed by atoms with Crippen molar-refractivity contribution in [1.29, 1.82) is 0 Å². The van der Waals surface area contributed by atoms with Crippen LogP contribution in [-0.2, 0) is 11.2 Å². The first kappa shape index (κ1) is 20.2. The van der Waals surface area contributed by atoms with Crippen molar-refractivity contribution in [2.45, 2.75) is 52.4 Å². The number of carbonyl (C=O) groups excluding carboxylic acids is 1. The van der Waals surface area contributed by atoms with Crippen LogP contribution in [0.15, 0.2) is 48.5 Å². The molecule has 0 aromatic heterocycles. The Morgan fingerprint density at radius 2 is 1.68 bits per heavy atom. The average molecular weight is 382 g/mol. The van der Waals surface area contributed by atoms with Crippen LogP contribution in [0.25, 0.3) is 0 Å². The van der Waals surface area contributed by atoms with Crippen LogP contribution >= 0.6 is 0 Å². The number of anilines is 2. The minimum atomic E-state index is -0.201. The lowest BCUT2D eigenvalue weighted by Crippen LogP contribution is -2.45. The van der Waals surface area contributed by atoms with Gasteiger partial charge < -0.3 is 20.3 Å². The second kappa shape index (κ2) is 9.11. The van der Waals surface area contributed by atoms with Gasteiger partial charge in [0.1, 0.15) is 0 Å². The Kier molecular flexibility index (Phi) is 6.57. The normalized spacial score (nSPS) is 20.5. The van der Waals surface area contributed by atoms with Crippen molar-refractivity contribution in [2.75, 3.05) is 23.3 Å². The van der Waals surface area contributed by atoms with Gasteiger partial charge >= 0.3 is 6.03 Å².